The van der Waals surface area contributed by atoms with Gasteiger partial charge in [0.2, 0.25) is 0 Å². The molecule has 0 bridgehead atoms. The molecule has 2 fully saturated rings. The number of thioether (sulfide) groups is 1. The average molecular weight is 534 g/mol. The lowest BCUT2D eigenvalue weighted by Gasteiger charge is -2.36. The quantitative estimate of drug-likeness (QED) is 0.331. The molecule has 8 heteroatoms. The largest absolute Gasteiger partial charge is 0.372 e. The molecule has 3 unspecified atom stereocenters. The van der Waals surface area contributed by atoms with Crippen LogP contribution in [0.1, 0.15) is 46.1 Å². The smallest absolute Gasteiger partial charge is 0.191 e. The van der Waals surface area contributed by atoms with Crippen molar-refractivity contribution < 1.29 is 4.74 Å². The van der Waals surface area contributed by atoms with Gasteiger partial charge in [-0.3, -0.25) is 0 Å². The predicted molar refractivity (Wildman–Crippen MR) is 135 cm³/mol. The van der Waals surface area contributed by atoms with E-state index in [-0.39, 0.29) is 36.2 Å². The second kappa shape index (κ2) is 11.6. The summed E-state index contributed by atoms with van der Waals surface area (Å²) >= 11 is 2.07. The van der Waals surface area contributed by atoms with E-state index in [0.717, 1.165) is 43.5 Å². The number of aromatic nitrogens is 1. The van der Waals surface area contributed by atoms with E-state index in [1.54, 1.807) is 0 Å². The van der Waals surface area contributed by atoms with E-state index < -0.39 is 0 Å². The first-order chi connectivity index (χ1) is 13.5. The summed E-state index contributed by atoms with van der Waals surface area (Å²) < 4.78 is 6.14. The van der Waals surface area contributed by atoms with E-state index >= 15 is 0 Å². The molecule has 164 valence electrons. The number of nitrogens with zero attached hydrogens (tertiary/aromatic N) is 3. The van der Waals surface area contributed by atoms with Crippen molar-refractivity contribution in [1.29, 1.82) is 0 Å². The zero-order chi connectivity index (χ0) is 20.0. The average Bonchev–Trinajstić information content (AvgIpc) is 3.10. The molecule has 2 aliphatic heterocycles. The topological polar surface area (TPSA) is 61.8 Å². The Morgan fingerprint density at radius 3 is 2.66 bits per heavy atom. The summed E-state index contributed by atoms with van der Waals surface area (Å²) in [5, 5.41) is 6.88. The predicted octanol–water partition coefficient (Wildman–Crippen LogP) is 3.65. The van der Waals surface area contributed by atoms with Crippen LogP contribution in [0.3, 0.4) is 0 Å². The summed E-state index contributed by atoms with van der Waals surface area (Å²) in [6, 6.07) is 4.24. The Morgan fingerprint density at radius 2 is 2.07 bits per heavy atom. The number of pyridine rings is 1. The molecule has 6 nitrogen and oxygen atoms in total. The van der Waals surface area contributed by atoms with E-state index in [4.69, 9.17) is 9.73 Å². The molecule has 0 spiro atoms. The monoisotopic (exact) mass is 533 g/mol. The van der Waals surface area contributed by atoms with Crippen molar-refractivity contribution in [2.24, 2.45) is 4.99 Å². The Hall–Kier alpha value is -0.740. The lowest BCUT2D eigenvalue weighted by atomic mass is 10.1. The molecule has 2 N–H and O–H groups in total. The van der Waals surface area contributed by atoms with Crippen molar-refractivity contribution >= 4 is 47.5 Å². The van der Waals surface area contributed by atoms with E-state index in [0.29, 0.717) is 11.3 Å². The first kappa shape index (κ1) is 24.5. The third kappa shape index (κ3) is 7.47. The van der Waals surface area contributed by atoms with Crippen LogP contribution in [0.2, 0.25) is 0 Å². The Morgan fingerprint density at radius 1 is 1.31 bits per heavy atom. The Balaban J connectivity index is 0.00000300. The van der Waals surface area contributed by atoms with Crippen molar-refractivity contribution in [3.63, 3.8) is 0 Å². The molecule has 0 radical (unpaired) electrons. The van der Waals surface area contributed by atoms with E-state index in [1.807, 2.05) is 6.20 Å². The van der Waals surface area contributed by atoms with Gasteiger partial charge in [-0.25, -0.2) is 9.98 Å². The molecule has 0 amide bonds. The lowest BCUT2D eigenvalue weighted by molar-refractivity contribution is -0.00545. The van der Waals surface area contributed by atoms with Gasteiger partial charge in [-0.15, -0.1) is 24.0 Å². The summed E-state index contributed by atoms with van der Waals surface area (Å²) in [7, 11) is 0. The van der Waals surface area contributed by atoms with Crippen LogP contribution in [-0.4, -0.2) is 59.8 Å². The molecule has 0 aromatic carbocycles. The summed E-state index contributed by atoms with van der Waals surface area (Å²) in [4.78, 5) is 11.7. The van der Waals surface area contributed by atoms with Gasteiger partial charge in [-0.05, 0) is 57.9 Å². The first-order valence-electron chi connectivity index (χ1n) is 10.5. The molecule has 1 aromatic rings. The van der Waals surface area contributed by atoms with E-state index in [1.165, 1.54) is 18.6 Å². The van der Waals surface area contributed by atoms with Crippen LogP contribution in [0, 0.1) is 0 Å². The lowest BCUT2D eigenvalue weighted by Crippen LogP contribution is -2.45. The van der Waals surface area contributed by atoms with Crippen molar-refractivity contribution in [1.82, 2.24) is 15.6 Å². The van der Waals surface area contributed by atoms with Gasteiger partial charge in [-0.1, -0.05) is 6.07 Å². The Labute approximate surface area is 197 Å². The molecule has 2 saturated heterocycles. The molecule has 3 atom stereocenters. The summed E-state index contributed by atoms with van der Waals surface area (Å²) in [5.74, 6) is 3.17. The summed E-state index contributed by atoms with van der Waals surface area (Å²) in [5.41, 5.74) is 1.12. The standard InChI is InChI=1S/C21H35N5OS.HI/c1-5-22-20(25-15-21(4)9-6-10-28-21)24-12-18-7-8-19(23-11-18)26-13-16(2)27-17(3)14-26;/h7-8,11,16-17H,5-6,9-10,12-15H2,1-4H3,(H2,22,24,25);1H. The van der Waals surface area contributed by atoms with Crippen molar-refractivity contribution in [3.05, 3.63) is 23.9 Å². The first-order valence-corrected chi connectivity index (χ1v) is 11.5. The number of nitrogens with one attached hydrogen (secondary N) is 2. The minimum atomic E-state index is 0. The molecule has 3 heterocycles. The summed E-state index contributed by atoms with van der Waals surface area (Å²) in [6.45, 7) is 12.9. The van der Waals surface area contributed by atoms with Crippen LogP contribution in [-0.2, 0) is 11.3 Å². The minimum Gasteiger partial charge on any atom is -0.372 e. The van der Waals surface area contributed by atoms with Crippen LogP contribution in [0.25, 0.3) is 0 Å². The number of ether oxygens (including phenoxy) is 1. The third-order valence-corrected chi connectivity index (χ3v) is 6.79. The zero-order valence-corrected chi connectivity index (χ0v) is 21.3. The molecule has 29 heavy (non-hydrogen) atoms. The van der Waals surface area contributed by atoms with Crippen LogP contribution >= 0.6 is 35.7 Å². The van der Waals surface area contributed by atoms with Crippen LogP contribution in [0.5, 0.6) is 0 Å². The zero-order valence-electron chi connectivity index (χ0n) is 18.1. The van der Waals surface area contributed by atoms with E-state index in [2.05, 4.69) is 72.1 Å². The van der Waals surface area contributed by atoms with Crippen molar-refractivity contribution in [2.75, 3.05) is 36.8 Å². The van der Waals surface area contributed by atoms with Crippen LogP contribution in [0.4, 0.5) is 5.82 Å². The molecular formula is C21H36IN5OS. The number of rotatable bonds is 6. The van der Waals surface area contributed by atoms with Crippen LogP contribution in [0.15, 0.2) is 23.3 Å². The highest BCUT2D eigenvalue weighted by Crippen LogP contribution is 2.36. The van der Waals surface area contributed by atoms with Gasteiger partial charge in [0.05, 0.1) is 18.8 Å². The number of hydrogen-bond donors (Lipinski definition) is 2. The van der Waals surface area contributed by atoms with Gasteiger partial charge in [-0.2, -0.15) is 11.8 Å². The van der Waals surface area contributed by atoms with Crippen molar-refractivity contribution in [2.45, 2.75) is 64.0 Å². The number of halogens is 1. The number of morpholine rings is 1. The van der Waals surface area contributed by atoms with Gasteiger partial charge < -0.3 is 20.3 Å². The fourth-order valence-corrected chi connectivity index (χ4v) is 5.07. The van der Waals surface area contributed by atoms with Gasteiger partial charge in [0.1, 0.15) is 5.82 Å². The second-order valence-corrected chi connectivity index (χ2v) is 9.82. The molecular weight excluding hydrogens is 497 g/mol. The van der Waals surface area contributed by atoms with Gasteiger partial charge in [0, 0.05) is 37.1 Å². The maximum Gasteiger partial charge on any atom is 0.191 e. The number of anilines is 1. The van der Waals surface area contributed by atoms with Crippen LogP contribution < -0.4 is 15.5 Å². The Bertz CT molecular complexity index is 641. The van der Waals surface area contributed by atoms with E-state index in [9.17, 15) is 0 Å². The highest BCUT2D eigenvalue weighted by Gasteiger charge is 2.29. The van der Waals surface area contributed by atoms with Gasteiger partial charge in [0.25, 0.3) is 0 Å². The number of hydrogen-bond acceptors (Lipinski definition) is 5. The number of guanidine groups is 1. The highest BCUT2D eigenvalue weighted by molar-refractivity contribution is 14.0. The normalized spacial score (nSPS) is 27.4. The molecule has 1 aromatic heterocycles. The highest BCUT2D eigenvalue weighted by atomic mass is 127. The SMILES string of the molecule is CCNC(=NCc1ccc(N2CC(C)OC(C)C2)nc1)NCC1(C)CCCS1.I. The molecule has 0 aliphatic carbocycles. The minimum absolute atomic E-state index is 0. The van der Waals surface area contributed by atoms with Gasteiger partial charge >= 0.3 is 0 Å². The molecule has 3 rings (SSSR count). The Kier molecular flexibility index (Phi) is 9.81. The second-order valence-electron chi connectivity index (χ2n) is 8.14. The third-order valence-electron chi connectivity index (χ3n) is 5.25. The fourth-order valence-electron chi connectivity index (χ4n) is 3.82. The van der Waals surface area contributed by atoms with Gasteiger partial charge in [0.15, 0.2) is 5.96 Å². The molecule has 2 aliphatic rings. The summed E-state index contributed by atoms with van der Waals surface area (Å²) in [6.07, 6.45) is 5.01. The maximum absolute atomic E-state index is 5.81. The molecule has 0 saturated carbocycles. The maximum atomic E-state index is 5.81. The number of aliphatic imine (C=N–C) groups is 1. The fraction of sp³-hybridized carbons (Fsp3) is 0.714. The van der Waals surface area contributed by atoms with Crippen molar-refractivity contribution in [3.8, 4) is 0 Å².